The quantitative estimate of drug-likeness (QED) is 0.317. The molecule has 1 aliphatic rings. The van der Waals surface area contributed by atoms with E-state index in [-0.39, 0.29) is 36.1 Å². The Bertz CT molecular complexity index is 764. The van der Waals surface area contributed by atoms with Crippen LogP contribution >= 0.6 is 11.6 Å². The highest BCUT2D eigenvalue weighted by Gasteiger charge is 2.20. The molecule has 0 bridgehead atoms. The van der Waals surface area contributed by atoms with Gasteiger partial charge in [-0.3, -0.25) is 4.57 Å². The van der Waals surface area contributed by atoms with Gasteiger partial charge in [0.2, 0.25) is 12.4 Å². The summed E-state index contributed by atoms with van der Waals surface area (Å²) in [5.41, 5.74) is 6.11. The van der Waals surface area contributed by atoms with Crippen molar-refractivity contribution in [3.63, 3.8) is 0 Å². The van der Waals surface area contributed by atoms with E-state index in [9.17, 15) is 9.90 Å². The third-order valence-electron chi connectivity index (χ3n) is 3.97. The molecule has 0 aliphatic heterocycles. The standard InChI is InChI=1S/C15H20ClN5O5/c16-11-10-12(20-13(17)19-11)21(8-18-10)14(22)24-6-3-7-25-15(23)26-9-4-1-2-5-9/h8-9,14,22H,1-7H2,(H2,17,19,20). The first kappa shape index (κ1) is 18.6. The highest BCUT2D eigenvalue weighted by Crippen LogP contribution is 2.22. The topological polar surface area (TPSA) is 135 Å². The summed E-state index contributed by atoms with van der Waals surface area (Å²) in [4.78, 5) is 23.3. The Labute approximate surface area is 154 Å². The van der Waals surface area contributed by atoms with Crippen molar-refractivity contribution >= 4 is 34.9 Å². The molecule has 1 saturated carbocycles. The number of nitrogen functional groups attached to an aromatic ring is 1. The van der Waals surface area contributed by atoms with Crippen molar-refractivity contribution < 1.29 is 24.1 Å². The second-order valence-corrected chi connectivity index (χ2v) is 6.23. The van der Waals surface area contributed by atoms with E-state index >= 15 is 0 Å². The van der Waals surface area contributed by atoms with E-state index in [0.29, 0.717) is 11.9 Å². The molecule has 2 heterocycles. The van der Waals surface area contributed by atoms with E-state index in [1.807, 2.05) is 0 Å². The molecule has 0 saturated heterocycles. The summed E-state index contributed by atoms with van der Waals surface area (Å²) in [6.07, 6.45) is 3.62. The highest BCUT2D eigenvalue weighted by atomic mass is 35.5. The van der Waals surface area contributed by atoms with Crippen LogP contribution in [0.5, 0.6) is 0 Å². The van der Waals surface area contributed by atoms with Crippen LogP contribution in [-0.2, 0) is 14.2 Å². The maximum atomic E-state index is 11.5. The lowest BCUT2D eigenvalue weighted by Gasteiger charge is -2.14. The number of imidazole rings is 1. The van der Waals surface area contributed by atoms with Gasteiger partial charge in [0.25, 0.3) is 0 Å². The number of aromatic nitrogens is 4. The molecule has 3 rings (SSSR count). The number of rotatable bonds is 7. The molecule has 1 atom stereocenters. The summed E-state index contributed by atoms with van der Waals surface area (Å²) >= 11 is 5.93. The SMILES string of the molecule is Nc1nc(Cl)c2ncn(C(O)OCCCOC(=O)OC3CCCC3)c2n1. The van der Waals surface area contributed by atoms with Gasteiger partial charge in [-0.25, -0.2) is 9.78 Å². The van der Waals surface area contributed by atoms with Crippen LogP contribution in [-0.4, -0.2) is 50.1 Å². The van der Waals surface area contributed by atoms with Crippen LogP contribution in [0, 0.1) is 0 Å². The molecule has 3 N–H and O–H groups in total. The van der Waals surface area contributed by atoms with Crippen LogP contribution in [0.2, 0.25) is 5.15 Å². The predicted molar refractivity (Wildman–Crippen MR) is 91.3 cm³/mol. The van der Waals surface area contributed by atoms with Crippen molar-refractivity contribution in [3.05, 3.63) is 11.5 Å². The fraction of sp³-hybridized carbons (Fsp3) is 0.600. The first-order valence-corrected chi connectivity index (χ1v) is 8.71. The molecule has 11 heteroatoms. The number of nitrogens with zero attached hydrogens (tertiary/aromatic N) is 4. The van der Waals surface area contributed by atoms with Gasteiger partial charge in [-0.2, -0.15) is 9.97 Å². The third-order valence-corrected chi connectivity index (χ3v) is 4.24. The largest absolute Gasteiger partial charge is 0.508 e. The van der Waals surface area contributed by atoms with Crippen molar-refractivity contribution in [3.8, 4) is 0 Å². The smallest absolute Gasteiger partial charge is 0.434 e. The second-order valence-electron chi connectivity index (χ2n) is 5.87. The average molecular weight is 386 g/mol. The predicted octanol–water partition coefficient (Wildman–Crippen LogP) is 2.01. The Hall–Kier alpha value is -2.17. The number of nitrogens with two attached hydrogens (primary N) is 1. The zero-order chi connectivity index (χ0) is 18.5. The maximum Gasteiger partial charge on any atom is 0.508 e. The summed E-state index contributed by atoms with van der Waals surface area (Å²) in [6.45, 7) is 0.274. The Balaban J connectivity index is 1.41. The Morgan fingerprint density at radius 1 is 1.38 bits per heavy atom. The van der Waals surface area contributed by atoms with Gasteiger partial charge in [0.1, 0.15) is 17.9 Å². The van der Waals surface area contributed by atoms with Crippen molar-refractivity contribution in [2.75, 3.05) is 18.9 Å². The number of carbonyl (C=O) groups excluding carboxylic acids is 1. The number of anilines is 1. The minimum Gasteiger partial charge on any atom is -0.434 e. The molecular formula is C15H20ClN5O5. The van der Waals surface area contributed by atoms with Crippen LogP contribution in [0.1, 0.15) is 38.5 Å². The molecule has 10 nitrogen and oxygen atoms in total. The summed E-state index contributed by atoms with van der Waals surface area (Å²) in [6, 6.07) is 0. The van der Waals surface area contributed by atoms with E-state index in [1.54, 1.807) is 0 Å². The lowest BCUT2D eigenvalue weighted by Crippen LogP contribution is -2.17. The van der Waals surface area contributed by atoms with E-state index in [0.717, 1.165) is 25.7 Å². The normalized spacial score (nSPS) is 16.1. The summed E-state index contributed by atoms with van der Waals surface area (Å²) in [5, 5.41) is 10.2. The van der Waals surface area contributed by atoms with Gasteiger partial charge >= 0.3 is 6.16 Å². The Morgan fingerprint density at radius 3 is 2.92 bits per heavy atom. The van der Waals surface area contributed by atoms with Gasteiger partial charge in [0.15, 0.2) is 10.8 Å². The summed E-state index contributed by atoms with van der Waals surface area (Å²) in [5.74, 6) is -0.0365. The van der Waals surface area contributed by atoms with Crippen molar-refractivity contribution in [2.24, 2.45) is 0 Å². The van der Waals surface area contributed by atoms with E-state index in [2.05, 4.69) is 15.0 Å². The van der Waals surface area contributed by atoms with Crippen LogP contribution in [0.3, 0.4) is 0 Å². The zero-order valence-electron chi connectivity index (χ0n) is 14.0. The number of halogens is 1. The second kappa shape index (κ2) is 8.47. The molecule has 2 aromatic rings. The number of aliphatic hydroxyl groups excluding tert-OH is 1. The molecule has 26 heavy (non-hydrogen) atoms. The number of aliphatic hydroxyl groups is 1. The number of ether oxygens (including phenoxy) is 3. The molecule has 1 unspecified atom stereocenters. The minimum absolute atomic E-state index is 0.0312. The van der Waals surface area contributed by atoms with E-state index in [1.165, 1.54) is 10.9 Å². The minimum atomic E-state index is -1.34. The van der Waals surface area contributed by atoms with Crippen LogP contribution in [0.15, 0.2) is 6.33 Å². The zero-order valence-corrected chi connectivity index (χ0v) is 14.8. The molecule has 0 amide bonds. The Morgan fingerprint density at radius 2 is 2.15 bits per heavy atom. The lowest BCUT2D eigenvalue weighted by molar-refractivity contribution is -0.152. The monoisotopic (exact) mass is 385 g/mol. The molecule has 1 aliphatic carbocycles. The van der Waals surface area contributed by atoms with Gasteiger partial charge in [0, 0.05) is 6.42 Å². The van der Waals surface area contributed by atoms with Crippen LogP contribution in [0.25, 0.3) is 11.2 Å². The number of hydrogen-bond donors (Lipinski definition) is 2. The van der Waals surface area contributed by atoms with Crippen molar-refractivity contribution in [1.29, 1.82) is 0 Å². The van der Waals surface area contributed by atoms with Gasteiger partial charge in [0.05, 0.1) is 13.2 Å². The lowest BCUT2D eigenvalue weighted by atomic mass is 10.3. The van der Waals surface area contributed by atoms with Gasteiger partial charge in [-0.05, 0) is 25.7 Å². The number of fused-ring (bicyclic) bond motifs is 1. The summed E-state index contributed by atoms with van der Waals surface area (Å²) < 4.78 is 16.7. The molecule has 0 spiro atoms. The molecule has 1 fully saturated rings. The van der Waals surface area contributed by atoms with Crippen LogP contribution in [0.4, 0.5) is 10.7 Å². The van der Waals surface area contributed by atoms with Gasteiger partial charge < -0.3 is 25.1 Å². The molecule has 0 aromatic carbocycles. The van der Waals surface area contributed by atoms with Gasteiger partial charge in [-0.15, -0.1) is 0 Å². The maximum absolute atomic E-state index is 11.5. The molecule has 142 valence electrons. The van der Waals surface area contributed by atoms with Crippen LogP contribution < -0.4 is 5.73 Å². The number of hydrogen-bond acceptors (Lipinski definition) is 9. The molecule has 0 radical (unpaired) electrons. The fourth-order valence-corrected chi connectivity index (χ4v) is 2.94. The van der Waals surface area contributed by atoms with Crippen molar-refractivity contribution in [1.82, 2.24) is 19.5 Å². The van der Waals surface area contributed by atoms with Crippen molar-refractivity contribution in [2.45, 2.75) is 44.6 Å². The fourth-order valence-electron chi connectivity index (χ4n) is 2.72. The first-order chi connectivity index (χ1) is 12.5. The highest BCUT2D eigenvalue weighted by molar-refractivity contribution is 6.33. The van der Waals surface area contributed by atoms with Gasteiger partial charge in [-0.1, -0.05) is 11.6 Å². The van der Waals surface area contributed by atoms with E-state index < -0.39 is 12.6 Å². The van der Waals surface area contributed by atoms with E-state index in [4.69, 9.17) is 31.5 Å². The molecular weight excluding hydrogens is 366 g/mol. The average Bonchev–Trinajstić information content (AvgIpc) is 3.23. The third kappa shape index (κ3) is 4.51. The summed E-state index contributed by atoms with van der Waals surface area (Å²) in [7, 11) is 0. The number of carbonyl (C=O) groups is 1. The first-order valence-electron chi connectivity index (χ1n) is 8.33. The molecule has 2 aromatic heterocycles. The Kier molecular flexibility index (Phi) is 6.07.